The van der Waals surface area contributed by atoms with Gasteiger partial charge in [0.05, 0.1) is 27.5 Å². The van der Waals surface area contributed by atoms with Crippen LogP contribution in [0, 0.1) is 0 Å². The molecule has 0 saturated heterocycles. The van der Waals surface area contributed by atoms with Crippen LogP contribution in [0.25, 0.3) is 99.5 Å². The van der Waals surface area contributed by atoms with Gasteiger partial charge in [0.15, 0.2) is 0 Å². The number of nitrogens with zero attached hydrogens (tertiary/aromatic N) is 3. The predicted octanol–water partition coefficient (Wildman–Crippen LogP) is 20.7. The first-order valence-electron chi connectivity index (χ1n) is 28.3. The topological polar surface area (TPSA) is 13.1 Å². The number of hydrogen-bond acceptors (Lipinski definition) is 1. The summed E-state index contributed by atoms with van der Waals surface area (Å²) < 4.78 is 4.97. The van der Waals surface area contributed by atoms with Gasteiger partial charge in [0.2, 0.25) is 0 Å². The monoisotopic (exact) mass is 1040 g/mol. The first-order chi connectivity index (χ1) is 40.7. The van der Waals surface area contributed by atoms with E-state index in [0.717, 1.165) is 50.5 Å². The fourth-order valence-corrected chi connectivity index (χ4v) is 13.6. The minimum atomic E-state index is -0.553. The average molecular weight is 1040 g/mol. The van der Waals surface area contributed by atoms with Crippen LogP contribution >= 0.6 is 0 Å². The third-order valence-electron chi connectivity index (χ3n) is 17.2. The normalized spacial score (nSPS) is 12.5. The predicted molar refractivity (Wildman–Crippen MR) is 343 cm³/mol. The van der Waals surface area contributed by atoms with Gasteiger partial charge in [-0.15, -0.1) is 0 Å². The zero-order chi connectivity index (χ0) is 54.1. The summed E-state index contributed by atoms with van der Waals surface area (Å²) in [7, 11) is 0. The Morgan fingerprint density at radius 2 is 0.671 bits per heavy atom. The van der Waals surface area contributed by atoms with Crippen LogP contribution in [0.3, 0.4) is 0 Å². The van der Waals surface area contributed by atoms with Gasteiger partial charge in [-0.2, -0.15) is 0 Å². The van der Waals surface area contributed by atoms with Gasteiger partial charge in [0, 0.05) is 50.0 Å². The molecule has 0 radical (unpaired) electrons. The summed E-state index contributed by atoms with van der Waals surface area (Å²) in [6.07, 6.45) is 0. The van der Waals surface area contributed by atoms with Gasteiger partial charge in [-0.25, -0.2) is 0 Å². The Morgan fingerprint density at radius 1 is 0.244 bits per heavy atom. The highest BCUT2D eigenvalue weighted by Crippen LogP contribution is 2.59. The third-order valence-corrected chi connectivity index (χ3v) is 17.2. The number of hydrogen-bond donors (Lipinski definition) is 0. The fraction of sp³-hybridized carbons (Fsp3) is 0.0127. The zero-order valence-electron chi connectivity index (χ0n) is 44.9. The second-order valence-electron chi connectivity index (χ2n) is 21.6. The molecule has 1 aliphatic carbocycles. The maximum absolute atomic E-state index is 2.50. The largest absolute Gasteiger partial charge is 0.310 e. The highest BCUT2D eigenvalue weighted by molar-refractivity contribution is 6.13. The summed E-state index contributed by atoms with van der Waals surface area (Å²) in [4.78, 5) is 2.37. The molecule has 0 N–H and O–H groups in total. The van der Waals surface area contributed by atoms with Gasteiger partial charge < -0.3 is 14.0 Å². The molecule has 3 nitrogen and oxygen atoms in total. The molecule has 384 valence electrons. The molecule has 15 aromatic rings. The first kappa shape index (κ1) is 47.3. The molecule has 0 aliphatic heterocycles. The Balaban J connectivity index is 0.913. The molecule has 0 atom stereocenters. The number of rotatable bonds is 10. The quantitative estimate of drug-likeness (QED) is 0.133. The van der Waals surface area contributed by atoms with Crippen molar-refractivity contribution in [3.05, 3.63) is 344 Å². The Bertz CT molecular complexity index is 4830. The average Bonchev–Trinajstić information content (AvgIpc) is 2.95. The number of para-hydroxylation sites is 2. The number of aromatic nitrogens is 2. The third kappa shape index (κ3) is 7.44. The first-order valence-corrected chi connectivity index (χ1v) is 28.3. The van der Waals surface area contributed by atoms with Crippen molar-refractivity contribution in [2.24, 2.45) is 0 Å². The summed E-state index contributed by atoms with van der Waals surface area (Å²) >= 11 is 0. The smallest absolute Gasteiger partial charge is 0.0719 e. The molecule has 1 aliphatic rings. The Kier molecular flexibility index (Phi) is 11.1. The highest BCUT2D eigenvalue weighted by atomic mass is 15.1. The molecule has 0 amide bonds. The molecular weight excluding hydrogens is 991 g/mol. The molecule has 13 aromatic carbocycles. The minimum absolute atomic E-state index is 0.553. The number of anilines is 3. The van der Waals surface area contributed by atoms with Crippen molar-refractivity contribution in [1.29, 1.82) is 0 Å². The van der Waals surface area contributed by atoms with Crippen molar-refractivity contribution in [3.63, 3.8) is 0 Å². The van der Waals surface area contributed by atoms with Crippen LogP contribution in [-0.2, 0) is 5.41 Å². The molecule has 3 heteroatoms. The van der Waals surface area contributed by atoms with Crippen LogP contribution in [0.4, 0.5) is 17.1 Å². The van der Waals surface area contributed by atoms with Crippen molar-refractivity contribution in [3.8, 4) is 55.9 Å². The van der Waals surface area contributed by atoms with Crippen molar-refractivity contribution in [1.82, 2.24) is 9.13 Å². The zero-order valence-corrected chi connectivity index (χ0v) is 44.9. The molecule has 0 spiro atoms. The summed E-state index contributed by atoms with van der Waals surface area (Å²) in [5, 5.41) is 4.81. The van der Waals surface area contributed by atoms with Crippen LogP contribution in [0.1, 0.15) is 22.3 Å². The maximum atomic E-state index is 2.50. The van der Waals surface area contributed by atoms with Crippen LogP contribution in [0.5, 0.6) is 0 Å². The SMILES string of the molecule is c1ccc(-c2ccc(N(c3ccccc3)c3ccc4c5ccccc5n(-c5ccc6c7ccc(-c8cccc9c8C(c8ccccc8)(c8ccccc8)c8ccccc8-9)cc7n(-c7ccc(-c8ccccc8)cc7)c6c5)c4c3)cc2)cc1. The van der Waals surface area contributed by atoms with E-state index < -0.39 is 5.41 Å². The second-order valence-corrected chi connectivity index (χ2v) is 21.6. The van der Waals surface area contributed by atoms with E-state index in [0.29, 0.717) is 0 Å². The van der Waals surface area contributed by atoms with E-state index in [1.807, 2.05) is 0 Å². The lowest BCUT2D eigenvalue weighted by Gasteiger charge is -2.35. The van der Waals surface area contributed by atoms with E-state index in [1.54, 1.807) is 0 Å². The van der Waals surface area contributed by atoms with Crippen molar-refractivity contribution >= 4 is 60.7 Å². The van der Waals surface area contributed by atoms with Crippen molar-refractivity contribution in [2.45, 2.75) is 5.41 Å². The van der Waals surface area contributed by atoms with E-state index in [1.165, 1.54) is 88.3 Å². The number of fused-ring (bicyclic) bond motifs is 9. The molecule has 0 saturated carbocycles. The van der Waals surface area contributed by atoms with E-state index >= 15 is 0 Å². The maximum Gasteiger partial charge on any atom is 0.0719 e. The molecule has 82 heavy (non-hydrogen) atoms. The summed E-state index contributed by atoms with van der Waals surface area (Å²) in [6.45, 7) is 0. The van der Waals surface area contributed by atoms with Gasteiger partial charge in [-0.1, -0.05) is 249 Å². The molecule has 0 bridgehead atoms. The summed E-state index contributed by atoms with van der Waals surface area (Å²) in [5.74, 6) is 0. The molecule has 16 rings (SSSR count). The van der Waals surface area contributed by atoms with Crippen LogP contribution in [-0.4, -0.2) is 9.13 Å². The van der Waals surface area contributed by atoms with Gasteiger partial charge in [-0.3, -0.25) is 0 Å². The van der Waals surface area contributed by atoms with Gasteiger partial charge in [0.25, 0.3) is 0 Å². The van der Waals surface area contributed by atoms with Crippen LogP contribution < -0.4 is 4.90 Å². The fourth-order valence-electron chi connectivity index (χ4n) is 13.6. The van der Waals surface area contributed by atoms with Gasteiger partial charge >= 0.3 is 0 Å². The van der Waals surface area contributed by atoms with Gasteiger partial charge in [-0.05, 0) is 140 Å². The van der Waals surface area contributed by atoms with E-state index in [9.17, 15) is 0 Å². The molecule has 0 fully saturated rings. The van der Waals surface area contributed by atoms with E-state index in [4.69, 9.17) is 0 Å². The Morgan fingerprint density at radius 3 is 1.34 bits per heavy atom. The molecule has 0 unspecified atom stereocenters. The lowest BCUT2D eigenvalue weighted by Crippen LogP contribution is -2.29. The lowest BCUT2D eigenvalue weighted by atomic mass is 9.66. The standard InChI is InChI=1S/C79H53N3/c1-6-21-54(22-7-1)56-37-42-62(43-38-56)80(61-29-14-5-15-30-61)64-46-49-70-68-32-17-19-36-74(68)82(77(70)52-64)65-47-50-71-69-48-41-58(51-75(69)81(76(71)53-65)63-44-39-57(40-45-63)55-23-8-2-9-24-55)66-33-20-34-72-67-31-16-18-35-73(67)79(78(66)72,59-25-10-3-11-26-59)60-27-12-4-13-28-60/h1-53H. The molecular formula is C79H53N3. The van der Waals surface area contributed by atoms with Crippen molar-refractivity contribution in [2.75, 3.05) is 4.90 Å². The van der Waals surface area contributed by atoms with Gasteiger partial charge in [0.1, 0.15) is 0 Å². The lowest BCUT2D eigenvalue weighted by molar-refractivity contribution is 0.770. The molecule has 2 heterocycles. The minimum Gasteiger partial charge on any atom is -0.310 e. The number of benzene rings is 13. The molecule has 2 aromatic heterocycles. The Hall–Kier alpha value is -10.7. The second kappa shape index (κ2) is 19.3. The van der Waals surface area contributed by atoms with Crippen LogP contribution in [0.15, 0.2) is 322 Å². The van der Waals surface area contributed by atoms with Crippen molar-refractivity contribution < 1.29 is 0 Å². The summed E-state index contributed by atoms with van der Waals surface area (Å²) in [5.41, 5.74) is 24.3. The van der Waals surface area contributed by atoms with E-state index in [2.05, 4.69) is 336 Å². The van der Waals surface area contributed by atoms with Crippen LogP contribution in [0.2, 0.25) is 0 Å². The highest BCUT2D eigenvalue weighted by Gasteiger charge is 2.47. The van der Waals surface area contributed by atoms with E-state index in [-0.39, 0.29) is 0 Å². The summed E-state index contributed by atoms with van der Waals surface area (Å²) in [6, 6.07) is 118. The Labute approximate surface area is 477 Å².